The highest BCUT2D eigenvalue weighted by molar-refractivity contribution is 7.08. The molecule has 11 heteroatoms. The number of halogens is 4. The molecule has 180 valence electrons. The molecule has 0 aliphatic heterocycles. The predicted molar refractivity (Wildman–Crippen MR) is 123 cm³/mol. The molecule has 0 saturated heterocycles. The number of alkyl halides is 2. The Kier molecular flexibility index (Phi) is 7.75. The molecule has 0 radical (unpaired) electrons. The molecule has 0 unspecified atom stereocenters. The van der Waals surface area contributed by atoms with Crippen LogP contribution >= 0.6 is 34.5 Å². The number of aromatic nitrogens is 1. The van der Waals surface area contributed by atoms with E-state index >= 15 is 0 Å². The van der Waals surface area contributed by atoms with Crippen molar-refractivity contribution < 1.29 is 32.5 Å². The van der Waals surface area contributed by atoms with E-state index in [1.807, 2.05) is 0 Å². The van der Waals surface area contributed by atoms with Crippen molar-refractivity contribution in [2.45, 2.75) is 32.0 Å². The fraction of sp³-hybridized carbons (Fsp3) is 0.304. The summed E-state index contributed by atoms with van der Waals surface area (Å²) in [5.41, 5.74) is 1.22. The number of pyridine rings is 1. The van der Waals surface area contributed by atoms with E-state index in [2.05, 4.69) is 4.74 Å². The second kappa shape index (κ2) is 10.8. The lowest BCUT2D eigenvalue weighted by Gasteiger charge is -2.21. The highest BCUT2D eigenvalue weighted by Gasteiger charge is 2.26. The first-order valence-corrected chi connectivity index (χ1v) is 12.0. The van der Waals surface area contributed by atoms with Gasteiger partial charge in [-0.1, -0.05) is 29.3 Å². The van der Waals surface area contributed by atoms with Gasteiger partial charge in [0.15, 0.2) is 23.9 Å². The Hall–Kier alpha value is -2.62. The smallest absolute Gasteiger partial charge is 0.387 e. The van der Waals surface area contributed by atoms with E-state index in [9.17, 15) is 18.8 Å². The molecule has 0 bridgehead atoms. The molecular formula is C23H19Cl2F2NO5S. The number of esters is 1. The molecule has 0 amide bonds. The van der Waals surface area contributed by atoms with Gasteiger partial charge in [-0.25, -0.2) is 4.79 Å². The summed E-state index contributed by atoms with van der Waals surface area (Å²) >= 11 is 13.8. The molecule has 0 spiro atoms. The van der Waals surface area contributed by atoms with Crippen LogP contribution in [0.2, 0.25) is 10.0 Å². The predicted octanol–water partition coefficient (Wildman–Crippen LogP) is 6.22. The minimum absolute atomic E-state index is 0.0332. The molecule has 34 heavy (non-hydrogen) atoms. The van der Waals surface area contributed by atoms with E-state index in [-0.39, 0.29) is 28.0 Å². The van der Waals surface area contributed by atoms with Gasteiger partial charge >= 0.3 is 12.6 Å². The van der Waals surface area contributed by atoms with Crippen molar-refractivity contribution in [3.05, 3.63) is 79.4 Å². The molecule has 2 aromatic heterocycles. The molecule has 1 aromatic carbocycles. The highest BCUT2D eigenvalue weighted by Crippen LogP contribution is 2.38. The third-order valence-corrected chi connectivity index (χ3v) is 6.52. The quantitative estimate of drug-likeness (QED) is 0.177. The van der Waals surface area contributed by atoms with Crippen molar-refractivity contribution in [3.63, 3.8) is 0 Å². The number of nitrogens with zero attached hydrogens (tertiary/aromatic N) is 1. The maximum atomic E-state index is 12.9. The van der Waals surface area contributed by atoms with E-state index in [1.165, 1.54) is 29.5 Å². The molecule has 0 N–H and O–H groups in total. The number of thiophene rings is 1. The van der Waals surface area contributed by atoms with Gasteiger partial charge in [-0.3, -0.25) is 0 Å². The second-order valence-electron chi connectivity index (χ2n) is 7.74. The monoisotopic (exact) mass is 529 g/mol. The first-order chi connectivity index (χ1) is 16.3. The third kappa shape index (κ3) is 6.28. The van der Waals surface area contributed by atoms with Crippen LogP contribution in [-0.2, 0) is 11.2 Å². The number of ether oxygens (including phenoxy) is 3. The van der Waals surface area contributed by atoms with Crippen molar-refractivity contribution in [2.75, 3.05) is 6.61 Å². The summed E-state index contributed by atoms with van der Waals surface area (Å²) in [7, 11) is 0. The number of rotatable bonds is 10. The van der Waals surface area contributed by atoms with Gasteiger partial charge < -0.3 is 19.4 Å². The van der Waals surface area contributed by atoms with Gasteiger partial charge in [0, 0.05) is 17.4 Å². The Morgan fingerprint density at radius 1 is 1.18 bits per heavy atom. The Balaban J connectivity index is 1.68. The maximum absolute atomic E-state index is 12.9. The Labute approximate surface area is 208 Å². The molecule has 1 saturated carbocycles. The van der Waals surface area contributed by atoms with E-state index in [0.717, 1.165) is 25.2 Å². The largest absolute Gasteiger partial charge is 0.619 e. The molecule has 3 aromatic rings. The minimum Gasteiger partial charge on any atom is -0.619 e. The lowest BCUT2D eigenvalue weighted by atomic mass is 10.0. The van der Waals surface area contributed by atoms with Gasteiger partial charge in [-0.05, 0) is 47.9 Å². The summed E-state index contributed by atoms with van der Waals surface area (Å²) in [6, 6.07) is 5.97. The maximum Gasteiger partial charge on any atom is 0.387 e. The Morgan fingerprint density at radius 3 is 2.53 bits per heavy atom. The zero-order valence-electron chi connectivity index (χ0n) is 17.6. The van der Waals surface area contributed by atoms with Gasteiger partial charge in [0.2, 0.25) is 0 Å². The van der Waals surface area contributed by atoms with Crippen LogP contribution in [0.25, 0.3) is 0 Å². The molecule has 1 fully saturated rings. The number of hydrogen-bond acceptors (Lipinski definition) is 6. The number of carbonyl (C=O) groups excluding carboxylic acids is 1. The van der Waals surface area contributed by atoms with Gasteiger partial charge in [-0.15, -0.1) is 0 Å². The van der Waals surface area contributed by atoms with Crippen molar-refractivity contribution in [1.29, 1.82) is 0 Å². The molecular weight excluding hydrogens is 511 g/mol. The fourth-order valence-electron chi connectivity index (χ4n) is 3.24. The first kappa shape index (κ1) is 24.5. The summed E-state index contributed by atoms with van der Waals surface area (Å²) in [6.07, 6.45) is 3.43. The van der Waals surface area contributed by atoms with Crippen LogP contribution in [0.5, 0.6) is 11.5 Å². The van der Waals surface area contributed by atoms with Crippen LogP contribution < -0.4 is 14.2 Å². The first-order valence-electron chi connectivity index (χ1n) is 10.3. The SMILES string of the molecule is O=C(O[C@@H](Cc1c(Cl)c[n+]([O-])cc1Cl)c1ccc(OC(F)F)c(OCC2CC2)c1)c1ccsc1. The average Bonchev–Trinajstić information content (AvgIpc) is 3.44. The van der Waals surface area contributed by atoms with Crippen molar-refractivity contribution in [1.82, 2.24) is 0 Å². The van der Waals surface area contributed by atoms with Crippen LogP contribution in [0.3, 0.4) is 0 Å². The van der Waals surface area contributed by atoms with Gasteiger partial charge in [0.25, 0.3) is 0 Å². The van der Waals surface area contributed by atoms with Crippen molar-refractivity contribution in [2.24, 2.45) is 5.92 Å². The zero-order valence-corrected chi connectivity index (χ0v) is 19.9. The van der Waals surface area contributed by atoms with Crippen LogP contribution in [0.4, 0.5) is 8.78 Å². The average molecular weight is 530 g/mol. The molecule has 4 rings (SSSR count). The summed E-state index contributed by atoms with van der Waals surface area (Å²) in [5.74, 6) is -0.216. The lowest BCUT2D eigenvalue weighted by Crippen LogP contribution is -2.25. The fourth-order valence-corrected chi connectivity index (χ4v) is 4.46. The van der Waals surface area contributed by atoms with E-state index < -0.39 is 18.7 Å². The van der Waals surface area contributed by atoms with Crippen LogP contribution in [0.15, 0.2) is 47.4 Å². The topological polar surface area (TPSA) is 71.7 Å². The Bertz CT molecular complexity index is 1140. The van der Waals surface area contributed by atoms with Crippen molar-refractivity contribution in [3.8, 4) is 11.5 Å². The van der Waals surface area contributed by atoms with Crippen LogP contribution in [0, 0.1) is 11.1 Å². The third-order valence-electron chi connectivity index (χ3n) is 5.18. The summed E-state index contributed by atoms with van der Waals surface area (Å²) in [5, 5.41) is 15.2. The van der Waals surface area contributed by atoms with Crippen LogP contribution in [0.1, 0.15) is 40.4 Å². The number of hydrogen-bond donors (Lipinski definition) is 0. The van der Waals surface area contributed by atoms with Gasteiger partial charge in [-0.2, -0.15) is 24.8 Å². The standard InChI is InChI=1S/C23H19Cl2F2NO5S/c24-17-9-28(30)10-18(25)16(17)8-20(32-22(29)15-5-6-34-12-15)14-3-4-19(33-23(26)27)21(7-14)31-11-13-1-2-13/h3-7,9-10,12-13,20,23H,1-2,8,11H2/t20-/m0/s1. The number of benzene rings is 1. The zero-order chi connectivity index (χ0) is 24.2. The van der Waals surface area contributed by atoms with Gasteiger partial charge in [0.1, 0.15) is 16.1 Å². The summed E-state index contributed by atoms with van der Waals surface area (Å²) in [6.45, 7) is -2.66. The summed E-state index contributed by atoms with van der Waals surface area (Å²) in [4.78, 5) is 12.7. The van der Waals surface area contributed by atoms with E-state index in [1.54, 1.807) is 16.8 Å². The molecule has 1 aliphatic carbocycles. The highest BCUT2D eigenvalue weighted by atomic mass is 35.5. The second-order valence-corrected chi connectivity index (χ2v) is 9.34. The lowest BCUT2D eigenvalue weighted by molar-refractivity contribution is -0.605. The molecule has 2 heterocycles. The summed E-state index contributed by atoms with van der Waals surface area (Å²) < 4.78 is 42.4. The van der Waals surface area contributed by atoms with Crippen LogP contribution in [-0.4, -0.2) is 19.2 Å². The molecule has 1 aliphatic rings. The molecule has 1 atom stereocenters. The molecule has 6 nitrogen and oxygen atoms in total. The minimum atomic E-state index is -3.03. The van der Waals surface area contributed by atoms with E-state index in [4.69, 9.17) is 32.7 Å². The Morgan fingerprint density at radius 2 is 1.91 bits per heavy atom. The van der Waals surface area contributed by atoms with E-state index in [0.29, 0.717) is 33.9 Å². The normalized spacial score (nSPS) is 14.1. The van der Waals surface area contributed by atoms with Gasteiger partial charge in [0.05, 0.1) is 12.2 Å². The number of carbonyl (C=O) groups is 1. The van der Waals surface area contributed by atoms with Crippen molar-refractivity contribution >= 4 is 40.5 Å².